The molecule has 25 heavy (non-hydrogen) atoms. The van der Waals surface area contributed by atoms with Gasteiger partial charge >= 0.3 is 6.18 Å². The van der Waals surface area contributed by atoms with Crippen LogP contribution in [-0.2, 0) is 11.0 Å². The number of hydrogen-bond donors (Lipinski definition) is 2. The molecule has 2 aromatic rings. The average Bonchev–Trinajstić information content (AvgIpc) is 3.04. The molecule has 5 nitrogen and oxygen atoms in total. The lowest BCUT2D eigenvalue weighted by Crippen LogP contribution is -2.44. The Bertz CT molecular complexity index is 768. The topological polar surface area (TPSA) is 71.3 Å². The first-order chi connectivity index (χ1) is 11.7. The molecule has 1 atom stereocenters. The van der Waals surface area contributed by atoms with Crippen molar-refractivity contribution < 1.29 is 27.2 Å². The van der Waals surface area contributed by atoms with Gasteiger partial charge in [-0.1, -0.05) is 12.1 Å². The van der Waals surface area contributed by atoms with Crippen LogP contribution in [0.5, 0.6) is 0 Å². The second-order valence-corrected chi connectivity index (χ2v) is 5.33. The number of carbonyl (C=O) groups is 2. The first-order valence-electron chi connectivity index (χ1n) is 7.58. The van der Waals surface area contributed by atoms with Crippen LogP contribution in [0.1, 0.15) is 30.0 Å². The van der Waals surface area contributed by atoms with Crippen molar-refractivity contribution in [1.82, 2.24) is 10.6 Å². The zero-order chi connectivity index (χ0) is 18.6. The number of likely N-dealkylation sites (N-methyl/N-ethyl adjacent to an activating group) is 1. The minimum atomic E-state index is -4.47. The number of alkyl halides is 3. The van der Waals surface area contributed by atoms with Crippen LogP contribution in [0.4, 0.5) is 13.2 Å². The Labute approximate surface area is 142 Å². The van der Waals surface area contributed by atoms with Crippen LogP contribution in [0, 0.1) is 0 Å². The highest BCUT2D eigenvalue weighted by atomic mass is 19.4. The Morgan fingerprint density at radius 2 is 1.92 bits per heavy atom. The van der Waals surface area contributed by atoms with Gasteiger partial charge in [-0.05, 0) is 38.1 Å². The summed E-state index contributed by atoms with van der Waals surface area (Å²) < 4.78 is 43.6. The predicted molar refractivity (Wildman–Crippen MR) is 84.8 cm³/mol. The number of carbonyl (C=O) groups excluding carboxylic acids is 2. The van der Waals surface area contributed by atoms with Crippen molar-refractivity contribution in [3.05, 3.63) is 47.7 Å². The van der Waals surface area contributed by atoms with E-state index in [0.717, 1.165) is 12.1 Å². The second-order valence-electron chi connectivity index (χ2n) is 5.33. The maximum atomic E-state index is 12.8. The molecule has 0 aliphatic heterocycles. The Morgan fingerprint density at radius 1 is 1.20 bits per heavy atom. The van der Waals surface area contributed by atoms with Crippen LogP contribution in [0.25, 0.3) is 11.3 Å². The highest BCUT2D eigenvalue weighted by molar-refractivity contribution is 5.95. The van der Waals surface area contributed by atoms with Crippen molar-refractivity contribution in [1.29, 1.82) is 0 Å². The van der Waals surface area contributed by atoms with Crippen LogP contribution >= 0.6 is 0 Å². The van der Waals surface area contributed by atoms with Crippen molar-refractivity contribution >= 4 is 11.8 Å². The van der Waals surface area contributed by atoms with Gasteiger partial charge in [0, 0.05) is 12.1 Å². The maximum absolute atomic E-state index is 12.8. The number of amides is 2. The molecule has 0 aliphatic carbocycles. The van der Waals surface area contributed by atoms with E-state index < -0.39 is 23.7 Å². The summed E-state index contributed by atoms with van der Waals surface area (Å²) in [5.41, 5.74) is -0.608. The van der Waals surface area contributed by atoms with Crippen molar-refractivity contribution in [2.45, 2.75) is 26.1 Å². The molecule has 0 fully saturated rings. The highest BCUT2D eigenvalue weighted by Crippen LogP contribution is 2.32. The first kappa shape index (κ1) is 18.6. The Kier molecular flexibility index (Phi) is 5.51. The number of halogens is 3. The molecule has 0 saturated heterocycles. The minimum Gasteiger partial charge on any atom is -0.451 e. The summed E-state index contributed by atoms with van der Waals surface area (Å²) in [5, 5.41) is 5.02. The third-order valence-electron chi connectivity index (χ3n) is 3.40. The standard InChI is InChI=1S/C17H17F3N2O3/c1-3-21-15(23)10(2)22-16(24)14-8-7-13(25-14)11-5-4-6-12(9-11)17(18,19)20/h4-10H,3H2,1-2H3,(H,21,23)(H,22,24)/t10-/m1/s1. The molecule has 0 saturated carbocycles. The van der Waals surface area contributed by atoms with Crippen LogP contribution < -0.4 is 10.6 Å². The van der Waals surface area contributed by atoms with E-state index in [1.54, 1.807) is 6.92 Å². The molecule has 2 rings (SSSR count). The van der Waals surface area contributed by atoms with Crippen molar-refractivity contribution in [3.8, 4) is 11.3 Å². The zero-order valence-electron chi connectivity index (χ0n) is 13.6. The molecule has 0 spiro atoms. The van der Waals surface area contributed by atoms with Gasteiger partial charge in [-0.15, -0.1) is 0 Å². The van der Waals surface area contributed by atoms with E-state index in [1.165, 1.54) is 31.2 Å². The van der Waals surface area contributed by atoms with Gasteiger partial charge in [0.1, 0.15) is 11.8 Å². The van der Waals surface area contributed by atoms with E-state index in [9.17, 15) is 22.8 Å². The van der Waals surface area contributed by atoms with Gasteiger partial charge in [0.05, 0.1) is 5.56 Å². The molecular weight excluding hydrogens is 337 g/mol. The largest absolute Gasteiger partial charge is 0.451 e. The molecule has 0 bridgehead atoms. The lowest BCUT2D eigenvalue weighted by atomic mass is 10.1. The van der Waals surface area contributed by atoms with Gasteiger partial charge in [0.2, 0.25) is 5.91 Å². The summed E-state index contributed by atoms with van der Waals surface area (Å²) in [6, 6.07) is 6.59. The van der Waals surface area contributed by atoms with Gasteiger partial charge in [0.15, 0.2) is 5.76 Å². The number of nitrogens with one attached hydrogen (secondary N) is 2. The van der Waals surface area contributed by atoms with Gasteiger partial charge in [0.25, 0.3) is 5.91 Å². The summed E-state index contributed by atoms with van der Waals surface area (Å²) >= 11 is 0. The smallest absolute Gasteiger partial charge is 0.416 e. The van der Waals surface area contributed by atoms with Gasteiger partial charge in [-0.25, -0.2) is 0 Å². The van der Waals surface area contributed by atoms with E-state index in [2.05, 4.69) is 10.6 Å². The zero-order valence-corrected chi connectivity index (χ0v) is 13.6. The fourth-order valence-corrected chi connectivity index (χ4v) is 2.12. The number of benzene rings is 1. The van der Waals surface area contributed by atoms with E-state index >= 15 is 0 Å². The number of furan rings is 1. The molecule has 1 aromatic heterocycles. The first-order valence-corrected chi connectivity index (χ1v) is 7.58. The molecule has 0 aliphatic rings. The summed E-state index contributed by atoms with van der Waals surface area (Å²) in [6.07, 6.45) is -4.47. The summed E-state index contributed by atoms with van der Waals surface area (Å²) in [7, 11) is 0. The molecule has 0 unspecified atom stereocenters. The quantitative estimate of drug-likeness (QED) is 0.866. The van der Waals surface area contributed by atoms with E-state index in [4.69, 9.17) is 4.42 Å². The SMILES string of the molecule is CCNC(=O)[C@@H](C)NC(=O)c1ccc(-c2cccc(C(F)(F)F)c2)o1. The van der Waals surface area contributed by atoms with E-state index in [-0.39, 0.29) is 23.0 Å². The lowest BCUT2D eigenvalue weighted by Gasteiger charge is -2.12. The Balaban J connectivity index is 2.15. The lowest BCUT2D eigenvalue weighted by molar-refractivity contribution is -0.137. The predicted octanol–water partition coefficient (Wildman–Crippen LogP) is 3.22. The van der Waals surface area contributed by atoms with Crippen molar-refractivity contribution in [2.75, 3.05) is 6.54 Å². The fraction of sp³-hybridized carbons (Fsp3) is 0.294. The molecule has 1 heterocycles. The number of hydrogen-bond acceptors (Lipinski definition) is 3. The molecule has 2 amide bonds. The molecular formula is C17H17F3N2O3. The summed E-state index contributed by atoms with van der Waals surface area (Å²) in [4.78, 5) is 23.7. The molecule has 8 heteroatoms. The molecule has 134 valence electrons. The normalized spacial score (nSPS) is 12.5. The van der Waals surface area contributed by atoms with Crippen molar-refractivity contribution in [3.63, 3.8) is 0 Å². The minimum absolute atomic E-state index is 0.0939. The average molecular weight is 354 g/mol. The monoisotopic (exact) mass is 354 g/mol. The molecule has 1 aromatic carbocycles. The summed E-state index contributed by atoms with van der Waals surface area (Å²) in [5.74, 6) is -0.942. The Hall–Kier alpha value is -2.77. The fourth-order valence-electron chi connectivity index (χ4n) is 2.12. The third kappa shape index (κ3) is 4.62. The van der Waals surface area contributed by atoms with Crippen LogP contribution in [-0.4, -0.2) is 24.4 Å². The van der Waals surface area contributed by atoms with Crippen LogP contribution in [0.2, 0.25) is 0 Å². The Morgan fingerprint density at radius 3 is 2.56 bits per heavy atom. The number of rotatable bonds is 5. The van der Waals surface area contributed by atoms with E-state index in [0.29, 0.717) is 6.54 Å². The maximum Gasteiger partial charge on any atom is 0.416 e. The molecule has 2 N–H and O–H groups in total. The van der Waals surface area contributed by atoms with Crippen molar-refractivity contribution in [2.24, 2.45) is 0 Å². The molecule has 0 radical (unpaired) electrons. The van der Waals surface area contributed by atoms with E-state index in [1.807, 2.05) is 0 Å². The summed E-state index contributed by atoms with van der Waals surface area (Å²) in [6.45, 7) is 3.69. The highest BCUT2D eigenvalue weighted by Gasteiger charge is 2.30. The van der Waals surface area contributed by atoms with Gasteiger partial charge in [-0.3, -0.25) is 9.59 Å². The van der Waals surface area contributed by atoms with Gasteiger partial charge < -0.3 is 15.1 Å². The second kappa shape index (κ2) is 7.42. The van der Waals surface area contributed by atoms with Crippen LogP contribution in [0.15, 0.2) is 40.8 Å². The van der Waals surface area contributed by atoms with Crippen LogP contribution in [0.3, 0.4) is 0 Å². The third-order valence-corrected chi connectivity index (χ3v) is 3.40. The van der Waals surface area contributed by atoms with Gasteiger partial charge in [-0.2, -0.15) is 13.2 Å².